The van der Waals surface area contributed by atoms with E-state index in [9.17, 15) is 9.59 Å². The Morgan fingerprint density at radius 3 is 2.65 bits per heavy atom. The lowest BCUT2D eigenvalue weighted by atomic mass is 10.2. The summed E-state index contributed by atoms with van der Waals surface area (Å²) in [6, 6.07) is 7.01. The Hall–Kier alpha value is -2.41. The molecule has 0 saturated heterocycles. The molecule has 6 nitrogen and oxygen atoms in total. The molecule has 1 amide bonds. The molecule has 0 aliphatic carbocycles. The van der Waals surface area contributed by atoms with Gasteiger partial charge in [-0.1, -0.05) is 0 Å². The summed E-state index contributed by atoms with van der Waals surface area (Å²) in [5.74, 6) is -0.240. The predicted octanol–water partition coefficient (Wildman–Crippen LogP) is 2.96. The predicted molar refractivity (Wildman–Crippen MR) is 87.9 cm³/mol. The van der Waals surface area contributed by atoms with E-state index in [0.29, 0.717) is 37.3 Å². The number of aryl methyl sites for hydroxylation is 1. The maximum atomic E-state index is 11.8. The maximum absolute atomic E-state index is 11.8. The highest BCUT2D eigenvalue weighted by atomic mass is 32.1. The quantitative estimate of drug-likeness (QED) is 0.688. The number of anilines is 1. The van der Waals surface area contributed by atoms with Gasteiger partial charge >= 0.3 is 5.97 Å². The van der Waals surface area contributed by atoms with Crippen LogP contribution in [0, 0.1) is 0 Å². The van der Waals surface area contributed by atoms with E-state index in [1.165, 1.54) is 11.3 Å². The molecule has 0 saturated carbocycles. The number of rotatable bonds is 9. The smallest absolute Gasteiger partial charge is 0.303 e. The van der Waals surface area contributed by atoms with Crippen molar-refractivity contribution in [3.63, 3.8) is 0 Å². The van der Waals surface area contributed by atoms with Crippen molar-refractivity contribution in [3.8, 4) is 5.75 Å². The number of carbonyl (C=O) groups excluding carboxylic acids is 1. The monoisotopic (exact) mass is 334 g/mol. The molecule has 0 spiro atoms. The summed E-state index contributed by atoms with van der Waals surface area (Å²) in [6.07, 6.45) is 3.31. The molecule has 0 atom stereocenters. The van der Waals surface area contributed by atoms with E-state index in [2.05, 4.69) is 10.3 Å². The summed E-state index contributed by atoms with van der Waals surface area (Å²) in [5.41, 5.74) is 0.701. The summed E-state index contributed by atoms with van der Waals surface area (Å²) in [5, 5.41) is 14.2. The number of aliphatic carboxylic acids is 1. The number of nitrogens with one attached hydrogen (secondary N) is 1. The third kappa shape index (κ3) is 6.48. The Kier molecular flexibility index (Phi) is 6.56. The van der Waals surface area contributed by atoms with Crippen molar-refractivity contribution in [1.82, 2.24) is 4.98 Å². The van der Waals surface area contributed by atoms with Crippen molar-refractivity contribution in [2.45, 2.75) is 25.7 Å². The molecule has 2 aromatic rings. The zero-order valence-electron chi connectivity index (χ0n) is 12.5. The van der Waals surface area contributed by atoms with Crippen LogP contribution >= 0.6 is 11.3 Å². The largest absolute Gasteiger partial charge is 0.494 e. The normalized spacial score (nSPS) is 10.3. The average molecular weight is 334 g/mol. The topological polar surface area (TPSA) is 88.5 Å². The number of carboxylic acid groups (broad SMARTS) is 1. The summed E-state index contributed by atoms with van der Waals surface area (Å²) < 4.78 is 5.43. The summed E-state index contributed by atoms with van der Waals surface area (Å²) in [7, 11) is 0. The molecular formula is C16H18N2O4S. The highest BCUT2D eigenvalue weighted by Crippen LogP contribution is 2.16. The molecule has 7 heteroatoms. The molecule has 122 valence electrons. The number of ether oxygens (including phenoxy) is 1. The first kappa shape index (κ1) is 17.0. The Morgan fingerprint density at radius 1 is 1.22 bits per heavy atom. The van der Waals surface area contributed by atoms with Gasteiger partial charge in [0, 0.05) is 36.5 Å². The number of benzene rings is 1. The maximum Gasteiger partial charge on any atom is 0.303 e. The molecule has 23 heavy (non-hydrogen) atoms. The van der Waals surface area contributed by atoms with Crippen molar-refractivity contribution in [2.75, 3.05) is 11.9 Å². The molecule has 0 fully saturated rings. The summed E-state index contributed by atoms with van der Waals surface area (Å²) in [4.78, 5) is 26.4. The number of aromatic nitrogens is 1. The first-order chi connectivity index (χ1) is 11.1. The van der Waals surface area contributed by atoms with Gasteiger partial charge in [0.05, 0.1) is 11.6 Å². The van der Waals surface area contributed by atoms with Gasteiger partial charge in [0.2, 0.25) is 5.91 Å². The van der Waals surface area contributed by atoms with E-state index >= 15 is 0 Å². The first-order valence-electron chi connectivity index (χ1n) is 7.26. The second-order valence-electron chi connectivity index (χ2n) is 4.84. The van der Waals surface area contributed by atoms with Crippen LogP contribution in [0.5, 0.6) is 5.75 Å². The first-order valence-corrected chi connectivity index (χ1v) is 8.14. The molecule has 0 unspecified atom stereocenters. The molecular weight excluding hydrogens is 316 g/mol. The number of thiazole rings is 1. The van der Waals surface area contributed by atoms with Crippen LogP contribution in [0.25, 0.3) is 0 Å². The van der Waals surface area contributed by atoms with Gasteiger partial charge in [-0.15, -0.1) is 11.3 Å². The van der Waals surface area contributed by atoms with Gasteiger partial charge in [-0.05, 0) is 30.7 Å². The van der Waals surface area contributed by atoms with Crippen LogP contribution in [0.4, 0.5) is 5.69 Å². The Balaban J connectivity index is 1.71. The van der Waals surface area contributed by atoms with Gasteiger partial charge in [0.25, 0.3) is 0 Å². The molecule has 2 N–H and O–H groups in total. The summed E-state index contributed by atoms with van der Waals surface area (Å²) in [6.45, 7) is 0.353. The molecule has 0 aliphatic rings. The second-order valence-corrected chi connectivity index (χ2v) is 5.82. The molecule has 0 radical (unpaired) electrons. The van der Waals surface area contributed by atoms with Crippen LogP contribution in [0.15, 0.2) is 35.8 Å². The van der Waals surface area contributed by atoms with Crippen molar-refractivity contribution < 1.29 is 19.4 Å². The lowest BCUT2D eigenvalue weighted by molar-refractivity contribution is -0.137. The van der Waals surface area contributed by atoms with E-state index in [0.717, 1.165) is 5.01 Å². The minimum atomic E-state index is -0.829. The van der Waals surface area contributed by atoms with E-state index in [1.807, 2.05) is 5.38 Å². The second kappa shape index (κ2) is 8.89. The minimum Gasteiger partial charge on any atom is -0.494 e. The van der Waals surface area contributed by atoms with Crippen molar-refractivity contribution in [2.24, 2.45) is 0 Å². The minimum absolute atomic E-state index is 0.0599. The van der Waals surface area contributed by atoms with Gasteiger partial charge < -0.3 is 15.2 Å². The summed E-state index contributed by atoms with van der Waals surface area (Å²) >= 11 is 1.54. The highest BCUT2D eigenvalue weighted by molar-refractivity contribution is 7.09. The van der Waals surface area contributed by atoms with Crippen LogP contribution in [0.2, 0.25) is 0 Å². The number of amides is 1. The van der Waals surface area contributed by atoms with Gasteiger partial charge in [-0.3, -0.25) is 9.59 Å². The third-order valence-electron chi connectivity index (χ3n) is 2.99. The van der Waals surface area contributed by atoms with Gasteiger partial charge in [-0.25, -0.2) is 4.98 Å². The van der Waals surface area contributed by atoms with E-state index in [-0.39, 0.29) is 12.3 Å². The van der Waals surface area contributed by atoms with E-state index in [4.69, 9.17) is 9.84 Å². The third-order valence-corrected chi connectivity index (χ3v) is 3.83. The van der Waals surface area contributed by atoms with Crippen LogP contribution in [-0.2, 0) is 16.0 Å². The fraction of sp³-hybridized carbons (Fsp3) is 0.312. The number of nitrogens with zero attached hydrogens (tertiary/aromatic N) is 1. The number of hydrogen-bond donors (Lipinski definition) is 2. The standard InChI is InChI=1S/C16H18N2O4S/c19-14(7-8-15-17-9-11-23-15)18-12-3-5-13(6-4-12)22-10-1-2-16(20)21/h3-6,9,11H,1-2,7-8,10H2,(H,18,19)(H,20,21). The van der Waals surface area contributed by atoms with Crippen molar-refractivity contribution >= 4 is 28.9 Å². The van der Waals surface area contributed by atoms with E-state index in [1.54, 1.807) is 30.5 Å². The Morgan fingerprint density at radius 2 is 2.00 bits per heavy atom. The van der Waals surface area contributed by atoms with Crippen LogP contribution in [-0.4, -0.2) is 28.6 Å². The zero-order chi connectivity index (χ0) is 16.5. The van der Waals surface area contributed by atoms with Gasteiger partial charge in [-0.2, -0.15) is 0 Å². The molecule has 2 rings (SSSR count). The SMILES string of the molecule is O=C(O)CCCOc1ccc(NC(=O)CCc2nccs2)cc1. The van der Waals surface area contributed by atoms with Crippen LogP contribution in [0.3, 0.4) is 0 Å². The lowest BCUT2D eigenvalue weighted by Gasteiger charge is -2.08. The molecule has 1 aromatic carbocycles. The number of hydrogen-bond acceptors (Lipinski definition) is 5. The highest BCUT2D eigenvalue weighted by Gasteiger charge is 2.05. The van der Waals surface area contributed by atoms with Crippen LogP contribution in [0.1, 0.15) is 24.3 Å². The van der Waals surface area contributed by atoms with Crippen LogP contribution < -0.4 is 10.1 Å². The zero-order valence-corrected chi connectivity index (χ0v) is 13.3. The molecule has 0 aliphatic heterocycles. The molecule has 1 heterocycles. The average Bonchev–Trinajstić information content (AvgIpc) is 3.04. The molecule has 1 aromatic heterocycles. The number of carbonyl (C=O) groups is 2. The fourth-order valence-corrected chi connectivity index (χ4v) is 2.49. The van der Waals surface area contributed by atoms with E-state index < -0.39 is 5.97 Å². The molecule has 0 bridgehead atoms. The van der Waals surface area contributed by atoms with Crippen molar-refractivity contribution in [1.29, 1.82) is 0 Å². The lowest BCUT2D eigenvalue weighted by Crippen LogP contribution is -2.12. The Labute approximate surface area is 138 Å². The van der Waals surface area contributed by atoms with Crippen molar-refractivity contribution in [3.05, 3.63) is 40.8 Å². The van der Waals surface area contributed by atoms with Gasteiger partial charge in [0.1, 0.15) is 5.75 Å². The number of carboxylic acids is 1. The fourth-order valence-electron chi connectivity index (χ4n) is 1.87. The van der Waals surface area contributed by atoms with Gasteiger partial charge in [0.15, 0.2) is 0 Å². The Bertz CT molecular complexity index is 626.